The Hall–Kier alpha value is -2.11. The summed E-state index contributed by atoms with van der Waals surface area (Å²) >= 11 is 0. The Morgan fingerprint density at radius 1 is 1.56 bits per heavy atom. The molecule has 6 heteroatoms. The molecule has 0 radical (unpaired) electrons. The summed E-state index contributed by atoms with van der Waals surface area (Å²) in [6, 6.07) is 4.61. The number of benzene rings is 1. The van der Waals surface area contributed by atoms with Crippen LogP contribution in [0.1, 0.15) is 24.2 Å². The third-order valence-corrected chi connectivity index (χ3v) is 2.11. The van der Waals surface area contributed by atoms with Gasteiger partial charge in [-0.25, -0.2) is 4.79 Å². The number of nitro groups is 1. The summed E-state index contributed by atoms with van der Waals surface area (Å²) in [6.07, 6.45) is -1.69. The van der Waals surface area contributed by atoms with E-state index in [0.29, 0.717) is 5.56 Å². The van der Waals surface area contributed by atoms with Crippen molar-refractivity contribution in [3.05, 3.63) is 39.4 Å². The molecule has 1 atom stereocenters. The largest absolute Gasteiger partial charge is 0.442 e. The highest BCUT2D eigenvalue weighted by Gasteiger charge is 2.20. The van der Waals surface area contributed by atoms with Crippen LogP contribution in [0.3, 0.4) is 0 Å². The van der Waals surface area contributed by atoms with Gasteiger partial charge in [0.1, 0.15) is 6.10 Å². The number of nitrogens with two attached hydrogens (primary N) is 1. The number of primary amides is 1. The highest BCUT2D eigenvalue weighted by Crippen LogP contribution is 2.28. The first kappa shape index (κ1) is 12.0. The lowest BCUT2D eigenvalue weighted by molar-refractivity contribution is -0.386. The summed E-state index contributed by atoms with van der Waals surface area (Å²) in [5.74, 6) is 0. The van der Waals surface area contributed by atoms with E-state index in [4.69, 9.17) is 10.5 Å². The third-order valence-electron chi connectivity index (χ3n) is 2.11. The van der Waals surface area contributed by atoms with Crippen LogP contribution in [0.5, 0.6) is 0 Å². The Kier molecular flexibility index (Phi) is 3.44. The molecular weight excluding hydrogens is 212 g/mol. The van der Waals surface area contributed by atoms with Crippen molar-refractivity contribution in [1.29, 1.82) is 0 Å². The molecule has 0 aromatic heterocycles. The highest BCUT2D eigenvalue weighted by molar-refractivity contribution is 5.65. The molecule has 0 saturated carbocycles. The maximum Gasteiger partial charge on any atom is 0.405 e. The van der Waals surface area contributed by atoms with Crippen LogP contribution in [0.25, 0.3) is 0 Å². The van der Waals surface area contributed by atoms with Gasteiger partial charge < -0.3 is 10.5 Å². The van der Waals surface area contributed by atoms with Crippen LogP contribution >= 0.6 is 0 Å². The lowest BCUT2D eigenvalue weighted by Crippen LogP contribution is -2.16. The van der Waals surface area contributed by atoms with Gasteiger partial charge in [0.05, 0.1) is 10.5 Å². The van der Waals surface area contributed by atoms with E-state index < -0.39 is 17.1 Å². The minimum atomic E-state index is -0.955. The number of carbonyl (C=O) groups is 1. The molecule has 0 heterocycles. The predicted molar refractivity (Wildman–Crippen MR) is 56.9 cm³/mol. The fourth-order valence-corrected chi connectivity index (χ4v) is 1.40. The normalized spacial score (nSPS) is 11.9. The van der Waals surface area contributed by atoms with Gasteiger partial charge in [0.2, 0.25) is 0 Å². The van der Waals surface area contributed by atoms with Gasteiger partial charge in [-0.05, 0) is 19.9 Å². The van der Waals surface area contributed by atoms with Crippen molar-refractivity contribution < 1.29 is 14.5 Å². The van der Waals surface area contributed by atoms with E-state index in [9.17, 15) is 14.9 Å². The Morgan fingerprint density at radius 2 is 2.19 bits per heavy atom. The number of nitro benzene ring substituents is 1. The quantitative estimate of drug-likeness (QED) is 0.627. The molecule has 2 N–H and O–H groups in total. The summed E-state index contributed by atoms with van der Waals surface area (Å²) in [4.78, 5) is 20.8. The number of carbonyl (C=O) groups excluding carboxylic acids is 1. The SMILES string of the molecule is Cc1ccc([N+](=O)[O-])c(C(C)OC(N)=O)c1. The summed E-state index contributed by atoms with van der Waals surface area (Å²) in [6.45, 7) is 3.33. The Morgan fingerprint density at radius 3 is 2.69 bits per heavy atom. The molecule has 0 spiro atoms. The topological polar surface area (TPSA) is 95.5 Å². The molecule has 0 saturated heterocycles. The van der Waals surface area contributed by atoms with E-state index in [2.05, 4.69) is 0 Å². The van der Waals surface area contributed by atoms with Gasteiger partial charge in [0, 0.05) is 6.07 Å². The molecule has 0 aliphatic carbocycles. The van der Waals surface area contributed by atoms with Gasteiger partial charge in [-0.2, -0.15) is 0 Å². The fraction of sp³-hybridized carbons (Fsp3) is 0.300. The van der Waals surface area contributed by atoms with Crippen molar-refractivity contribution in [3.63, 3.8) is 0 Å². The molecule has 1 aromatic rings. The van der Waals surface area contributed by atoms with Crippen LogP contribution in [0.2, 0.25) is 0 Å². The van der Waals surface area contributed by atoms with Crippen molar-refractivity contribution in [2.45, 2.75) is 20.0 Å². The molecule has 86 valence electrons. The van der Waals surface area contributed by atoms with Gasteiger partial charge in [-0.3, -0.25) is 10.1 Å². The molecule has 1 aromatic carbocycles. The van der Waals surface area contributed by atoms with Crippen molar-refractivity contribution >= 4 is 11.8 Å². The van der Waals surface area contributed by atoms with Crippen molar-refractivity contribution in [3.8, 4) is 0 Å². The molecular formula is C10H12N2O4. The lowest BCUT2D eigenvalue weighted by Gasteiger charge is -2.12. The Labute approximate surface area is 92.2 Å². The van der Waals surface area contributed by atoms with Gasteiger partial charge in [0.25, 0.3) is 5.69 Å². The van der Waals surface area contributed by atoms with E-state index in [1.54, 1.807) is 19.1 Å². The summed E-state index contributed by atoms with van der Waals surface area (Å²) < 4.78 is 4.72. The maximum atomic E-state index is 10.8. The molecule has 0 aliphatic heterocycles. The average molecular weight is 224 g/mol. The van der Waals surface area contributed by atoms with Crippen molar-refractivity contribution in [2.24, 2.45) is 5.73 Å². The average Bonchev–Trinajstić information content (AvgIpc) is 2.15. The third kappa shape index (κ3) is 2.69. The monoisotopic (exact) mass is 224 g/mol. The van der Waals surface area contributed by atoms with Crippen LogP contribution in [-0.4, -0.2) is 11.0 Å². The second-order valence-electron chi connectivity index (χ2n) is 3.40. The molecule has 1 unspecified atom stereocenters. The summed E-state index contributed by atoms with van der Waals surface area (Å²) in [5, 5.41) is 10.8. The van der Waals surface area contributed by atoms with Crippen LogP contribution in [0, 0.1) is 17.0 Å². The van der Waals surface area contributed by atoms with Crippen LogP contribution in [0.15, 0.2) is 18.2 Å². The van der Waals surface area contributed by atoms with Crippen molar-refractivity contribution in [1.82, 2.24) is 0 Å². The van der Waals surface area contributed by atoms with Gasteiger partial charge in [0.15, 0.2) is 0 Å². The van der Waals surface area contributed by atoms with Crippen LogP contribution in [0.4, 0.5) is 10.5 Å². The number of amides is 1. The molecule has 1 rings (SSSR count). The smallest absolute Gasteiger partial charge is 0.405 e. The van der Waals surface area contributed by atoms with E-state index in [0.717, 1.165) is 5.56 Å². The summed E-state index contributed by atoms with van der Waals surface area (Å²) in [5.41, 5.74) is 5.96. The van der Waals surface area contributed by atoms with Crippen LogP contribution < -0.4 is 5.73 Å². The van der Waals surface area contributed by atoms with Crippen LogP contribution in [-0.2, 0) is 4.74 Å². The minimum Gasteiger partial charge on any atom is -0.442 e. The van der Waals surface area contributed by atoms with E-state index in [1.165, 1.54) is 13.0 Å². The van der Waals surface area contributed by atoms with Gasteiger partial charge in [-0.15, -0.1) is 0 Å². The van der Waals surface area contributed by atoms with Crippen molar-refractivity contribution in [2.75, 3.05) is 0 Å². The number of rotatable bonds is 3. The predicted octanol–water partition coefficient (Wildman–Crippen LogP) is 2.06. The van der Waals surface area contributed by atoms with E-state index in [-0.39, 0.29) is 5.69 Å². The van der Waals surface area contributed by atoms with E-state index >= 15 is 0 Å². The molecule has 6 nitrogen and oxygen atoms in total. The number of aryl methyl sites for hydroxylation is 1. The number of nitrogens with zero attached hydrogens (tertiary/aromatic N) is 1. The standard InChI is InChI=1S/C10H12N2O4/c1-6-3-4-9(12(14)15)8(5-6)7(2)16-10(11)13/h3-5,7H,1-2H3,(H2,11,13). The molecule has 1 amide bonds. The second-order valence-corrected chi connectivity index (χ2v) is 3.40. The maximum absolute atomic E-state index is 10.8. The first-order chi connectivity index (χ1) is 7.41. The molecule has 0 aliphatic rings. The number of ether oxygens (including phenoxy) is 1. The van der Waals surface area contributed by atoms with E-state index in [1.807, 2.05) is 0 Å². The first-order valence-electron chi connectivity index (χ1n) is 4.63. The summed E-state index contributed by atoms with van der Waals surface area (Å²) in [7, 11) is 0. The lowest BCUT2D eigenvalue weighted by atomic mass is 10.1. The minimum absolute atomic E-state index is 0.0839. The number of hydrogen-bond acceptors (Lipinski definition) is 4. The zero-order chi connectivity index (χ0) is 12.3. The Bertz CT molecular complexity index is 431. The second kappa shape index (κ2) is 4.61. The van der Waals surface area contributed by atoms with Gasteiger partial charge >= 0.3 is 6.09 Å². The first-order valence-corrected chi connectivity index (χ1v) is 4.63. The Balaban J connectivity index is 3.13. The molecule has 16 heavy (non-hydrogen) atoms. The number of hydrogen-bond donors (Lipinski definition) is 1. The molecule has 0 fully saturated rings. The fourth-order valence-electron chi connectivity index (χ4n) is 1.40. The highest BCUT2D eigenvalue weighted by atomic mass is 16.6. The molecule has 0 bridgehead atoms. The van der Waals surface area contributed by atoms with Gasteiger partial charge in [-0.1, -0.05) is 11.6 Å². The zero-order valence-corrected chi connectivity index (χ0v) is 8.97. The zero-order valence-electron chi connectivity index (χ0n) is 8.97.